The smallest absolute Gasteiger partial charge is 0.0798 e. The number of nitrogens with zero attached hydrogens (tertiary/aromatic N) is 1. The van der Waals surface area contributed by atoms with Crippen LogP contribution in [0.2, 0.25) is 0 Å². The molecule has 1 saturated carbocycles. The van der Waals surface area contributed by atoms with Gasteiger partial charge in [-0.1, -0.05) is 0 Å². The second kappa shape index (κ2) is 4.38. The van der Waals surface area contributed by atoms with Gasteiger partial charge in [0.15, 0.2) is 0 Å². The van der Waals surface area contributed by atoms with E-state index >= 15 is 0 Å². The van der Waals surface area contributed by atoms with E-state index in [4.69, 9.17) is 5.73 Å². The van der Waals surface area contributed by atoms with Crippen LogP contribution >= 0.6 is 11.3 Å². The summed E-state index contributed by atoms with van der Waals surface area (Å²) in [6, 6.07) is 1.03. The van der Waals surface area contributed by atoms with Crippen LogP contribution in [-0.4, -0.2) is 17.1 Å². The van der Waals surface area contributed by atoms with Crippen molar-refractivity contribution in [3.63, 3.8) is 0 Å². The summed E-state index contributed by atoms with van der Waals surface area (Å²) in [4.78, 5) is 5.58. The standard InChI is InChI=1S/C10H17N3S/c1-7-10(14-6-13-7)5-12-9-3-2-8(11)4-9/h6,8-9,12H,2-5,11H2,1H3. The van der Waals surface area contributed by atoms with Crippen molar-refractivity contribution in [2.24, 2.45) is 5.73 Å². The highest BCUT2D eigenvalue weighted by molar-refractivity contribution is 7.09. The van der Waals surface area contributed by atoms with E-state index < -0.39 is 0 Å². The van der Waals surface area contributed by atoms with Crippen molar-refractivity contribution in [2.45, 2.75) is 44.8 Å². The second-order valence-electron chi connectivity index (χ2n) is 4.01. The molecule has 4 heteroatoms. The van der Waals surface area contributed by atoms with Crippen LogP contribution in [0.1, 0.15) is 29.8 Å². The molecule has 0 saturated heterocycles. The van der Waals surface area contributed by atoms with Crippen molar-refractivity contribution in [3.8, 4) is 0 Å². The molecular weight excluding hydrogens is 194 g/mol. The van der Waals surface area contributed by atoms with Crippen LogP contribution in [0.3, 0.4) is 0 Å². The van der Waals surface area contributed by atoms with E-state index in [0.29, 0.717) is 12.1 Å². The van der Waals surface area contributed by atoms with Crippen molar-refractivity contribution < 1.29 is 0 Å². The van der Waals surface area contributed by atoms with Crippen molar-refractivity contribution in [1.29, 1.82) is 0 Å². The number of aromatic nitrogens is 1. The van der Waals surface area contributed by atoms with Gasteiger partial charge in [-0.05, 0) is 26.2 Å². The molecule has 0 spiro atoms. The van der Waals surface area contributed by atoms with Gasteiger partial charge >= 0.3 is 0 Å². The number of rotatable bonds is 3. The Labute approximate surface area is 88.7 Å². The quantitative estimate of drug-likeness (QED) is 0.795. The van der Waals surface area contributed by atoms with Crippen LogP contribution in [0.15, 0.2) is 5.51 Å². The fraction of sp³-hybridized carbons (Fsp3) is 0.700. The van der Waals surface area contributed by atoms with E-state index in [9.17, 15) is 0 Å². The van der Waals surface area contributed by atoms with Gasteiger partial charge in [-0.15, -0.1) is 11.3 Å². The minimum Gasteiger partial charge on any atom is -0.328 e. The van der Waals surface area contributed by atoms with Gasteiger partial charge in [0.25, 0.3) is 0 Å². The monoisotopic (exact) mass is 211 g/mol. The Morgan fingerprint density at radius 1 is 1.64 bits per heavy atom. The Morgan fingerprint density at radius 3 is 3.07 bits per heavy atom. The highest BCUT2D eigenvalue weighted by Crippen LogP contribution is 2.18. The average Bonchev–Trinajstić information content (AvgIpc) is 2.72. The van der Waals surface area contributed by atoms with Crippen LogP contribution < -0.4 is 11.1 Å². The summed E-state index contributed by atoms with van der Waals surface area (Å²) < 4.78 is 0. The third-order valence-electron chi connectivity index (χ3n) is 2.87. The van der Waals surface area contributed by atoms with Crippen molar-refractivity contribution in [1.82, 2.24) is 10.3 Å². The molecule has 1 aromatic heterocycles. The SMILES string of the molecule is Cc1ncsc1CNC1CCC(N)C1. The number of thiazole rings is 1. The summed E-state index contributed by atoms with van der Waals surface area (Å²) in [5.74, 6) is 0. The molecule has 2 rings (SSSR count). The highest BCUT2D eigenvalue weighted by Gasteiger charge is 2.21. The molecule has 3 N–H and O–H groups in total. The summed E-state index contributed by atoms with van der Waals surface area (Å²) in [6.07, 6.45) is 3.51. The molecule has 2 atom stereocenters. The van der Waals surface area contributed by atoms with E-state index in [1.54, 1.807) is 11.3 Å². The lowest BCUT2D eigenvalue weighted by molar-refractivity contribution is 0.518. The first kappa shape index (κ1) is 10.1. The largest absolute Gasteiger partial charge is 0.328 e. The first-order valence-electron chi connectivity index (χ1n) is 5.13. The van der Waals surface area contributed by atoms with Gasteiger partial charge in [-0.2, -0.15) is 0 Å². The van der Waals surface area contributed by atoms with Gasteiger partial charge in [0.1, 0.15) is 0 Å². The zero-order valence-electron chi connectivity index (χ0n) is 8.49. The van der Waals surface area contributed by atoms with Gasteiger partial charge in [0.2, 0.25) is 0 Å². The molecule has 78 valence electrons. The predicted molar refractivity (Wildman–Crippen MR) is 59.3 cm³/mol. The third kappa shape index (κ3) is 2.32. The van der Waals surface area contributed by atoms with Crippen LogP contribution in [-0.2, 0) is 6.54 Å². The minimum atomic E-state index is 0.412. The maximum Gasteiger partial charge on any atom is 0.0798 e. The molecule has 3 nitrogen and oxygen atoms in total. The fourth-order valence-electron chi connectivity index (χ4n) is 1.93. The van der Waals surface area contributed by atoms with E-state index in [1.165, 1.54) is 17.7 Å². The third-order valence-corrected chi connectivity index (χ3v) is 3.80. The normalized spacial score (nSPS) is 27.0. The lowest BCUT2D eigenvalue weighted by Gasteiger charge is -2.11. The Bertz CT molecular complexity index is 297. The Morgan fingerprint density at radius 2 is 2.50 bits per heavy atom. The molecule has 0 aliphatic heterocycles. The van der Waals surface area contributed by atoms with Gasteiger partial charge in [0, 0.05) is 23.5 Å². The van der Waals surface area contributed by atoms with Gasteiger partial charge in [-0.3, -0.25) is 0 Å². The number of hydrogen-bond acceptors (Lipinski definition) is 4. The average molecular weight is 211 g/mol. The summed E-state index contributed by atoms with van der Waals surface area (Å²) in [5.41, 5.74) is 8.92. The van der Waals surface area contributed by atoms with E-state index in [2.05, 4.69) is 17.2 Å². The predicted octanol–water partition coefficient (Wildman–Crippen LogP) is 1.42. The number of nitrogens with two attached hydrogens (primary N) is 1. The Hall–Kier alpha value is -0.450. The van der Waals surface area contributed by atoms with Crippen LogP contribution in [0.5, 0.6) is 0 Å². The number of aryl methyl sites for hydroxylation is 1. The molecule has 0 radical (unpaired) electrons. The maximum absolute atomic E-state index is 5.85. The maximum atomic E-state index is 5.85. The molecule has 0 aromatic carbocycles. The zero-order valence-corrected chi connectivity index (χ0v) is 9.31. The molecule has 1 aliphatic carbocycles. The lowest BCUT2D eigenvalue weighted by Crippen LogP contribution is -2.27. The number of hydrogen-bond donors (Lipinski definition) is 2. The summed E-state index contributed by atoms with van der Waals surface area (Å²) in [7, 11) is 0. The molecule has 14 heavy (non-hydrogen) atoms. The van der Waals surface area contributed by atoms with Crippen LogP contribution in [0.4, 0.5) is 0 Å². The summed E-state index contributed by atoms with van der Waals surface area (Å²) >= 11 is 1.73. The Kier molecular flexibility index (Phi) is 3.15. The van der Waals surface area contributed by atoms with Crippen LogP contribution in [0, 0.1) is 6.92 Å². The molecular formula is C10H17N3S. The van der Waals surface area contributed by atoms with E-state index in [1.807, 2.05) is 5.51 Å². The molecule has 2 unspecified atom stereocenters. The molecule has 1 aliphatic rings. The van der Waals surface area contributed by atoms with Crippen molar-refractivity contribution in [3.05, 3.63) is 16.1 Å². The fourth-order valence-corrected chi connectivity index (χ4v) is 2.66. The van der Waals surface area contributed by atoms with Gasteiger partial charge in [0.05, 0.1) is 11.2 Å². The highest BCUT2D eigenvalue weighted by atomic mass is 32.1. The molecule has 0 bridgehead atoms. The van der Waals surface area contributed by atoms with Gasteiger partial charge < -0.3 is 11.1 Å². The topological polar surface area (TPSA) is 50.9 Å². The zero-order chi connectivity index (χ0) is 9.97. The van der Waals surface area contributed by atoms with Crippen molar-refractivity contribution >= 4 is 11.3 Å². The second-order valence-corrected chi connectivity index (χ2v) is 4.95. The summed E-state index contributed by atoms with van der Waals surface area (Å²) in [5, 5.41) is 3.55. The molecule has 1 heterocycles. The molecule has 0 amide bonds. The van der Waals surface area contributed by atoms with Gasteiger partial charge in [-0.25, -0.2) is 4.98 Å². The number of nitrogens with one attached hydrogen (secondary N) is 1. The first-order valence-corrected chi connectivity index (χ1v) is 6.01. The Balaban J connectivity index is 1.80. The summed E-state index contributed by atoms with van der Waals surface area (Å²) in [6.45, 7) is 3.02. The first-order chi connectivity index (χ1) is 6.75. The molecule has 1 fully saturated rings. The molecule has 1 aromatic rings. The van der Waals surface area contributed by atoms with Crippen molar-refractivity contribution in [2.75, 3.05) is 0 Å². The lowest BCUT2D eigenvalue weighted by atomic mass is 10.2. The minimum absolute atomic E-state index is 0.412. The van der Waals surface area contributed by atoms with E-state index in [0.717, 1.165) is 18.7 Å². The van der Waals surface area contributed by atoms with E-state index in [-0.39, 0.29) is 0 Å². The van der Waals surface area contributed by atoms with Crippen LogP contribution in [0.25, 0.3) is 0 Å².